The highest BCUT2D eigenvalue weighted by Crippen LogP contribution is 2.65. The van der Waals surface area contributed by atoms with Gasteiger partial charge in [0.05, 0.1) is 6.04 Å². The number of piperidine rings is 1. The lowest BCUT2D eigenvalue weighted by Crippen LogP contribution is -2.60. The summed E-state index contributed by atoms with van der Waals surface area (Å²) in [7, 11) is 0. The number of fused-ring (bicyclic) bond motifs is 1. The van der Waals surface area contributed by atoms with E-state index in [1.807, 2.05) is 20.8 Å². The van der Waals surface area contributed by atoms with Gasteiger partial charge in [0, 0.05) is 19.0 Å². The number of rotatable bonds is 7. The molecule has 0 radical (unpaired) electrons. The summed E-state index contributed by atoms with van der Waals surface area (Å²) in [6.07, 6.45) is 0.804. The van der Waals surface area contributed by atoms with Gasteiger partial charge in [-0.1, -0.05) is 34.6 Å². The van der Waals surface area contributed by atoms with E-state index in [1.54, 1.807) is 25.7 Å². The van der Waals surface area contributed by atoms with Crippen LogP contribution in [0.15, 0.2) is 0 Å². The minimum Gasteiger partial charge on any atom is -0.444 e. The highest BCUT2D eigenvalue weighted by Gasteiger charge is 2.69. The van der Waals surface area contributed by atoms with Crippen molar-refractivity contribution in [1.82, 2.24) is 20.9 Å². The summed E-state index contributed by atoms with van der Waals surface area (Å²) in [6.45, 7) is 15.9. The van der Waals surface area contributed by atoms with Crippen LogP contribution in [0.4, 0.5) is 4.79 Å². The third kappa shape index (κ3) is 5.83. The Bertz CT molecular complexity index is 918. The first kappa shape index (κ1) is 27.9. The largest absolute Gasteiger partial charge is 0.444 e. The molecule has 3 rings (SSSR count). The molecule has 3 unspecified atom stereocenters. The van der Waals surface area contributed by atoms with Gasteiger partial charge in [-0.3, -0.25) is 14.4 Å². The van der Waals surface area contributed by atoms with E-state index in [2.05, 4.69) is 29.8 Å². The van der Waals surface area contributed by atoms with Crippen LogP contribution in [0.2, 0.25) is 0 Å². The molecule has 0 aromatic rings. The number of amides is 4. The summed E-state index contributed by atoms with van der Waals surface area (Å²) in [4.78, 5) is 65.2. The molecule has 2 aliphatic heterocycles. The summed E-state index contributed by atoms with van der Waals surface area (Å²) in [5, 5.41) is 8.26. The van der Waals surface area contributed by atoms with Gasteiger partial charge in [0.2, 0.25) is 17.7 Å². The molecule has 3 aliphatic rings. The number of hydrogen-bond acceptors (Lipinski definition) is 6. The van der Waals surface area contributed by atoms with E-state index >= 15 is 0 Å². The number of carbonyl (C=O) groups is 5. The summed E-state index contributed by atoms with van der Waals surface area (Å²) >= 11 is 0. The van der Waals surface area contributed by atoms with Crippen LogP contribution < -0.4 is 16.0 Å². The topological polar surface area (TPSA) is 134 Å². The summed E-state index contributed by atoms with van der Waals surface area (Å²) in [6, 6.07) is -2.49. The molecule has 36 heavy (non-hydrogen) atoms. The van der Waals surface area contributed by atoms with Crippen molar-refractivity contribution in [3.63, 3.8) is 0 Å². The minimum absolute atomic E-state index is 0.0503. The number of hydrogen-bond donors (Lipinski definition) is 3. The summed E-state index contributed by atoms with van der Waals surface area (Å²) in [5.41, 5.74) is -1.48. The predicted molar refractivity (Wildman–Crippen MR) is 133 cm³/mol. The molecule has 10 heteroatoms. The van der Waals surface area contributed by atoms with Gasteiger partial charge in [-0.15, -0.1) is 0 Å². The van der Waals surface area contributed by atoms with Crippen molar-refractivity contribution < 1.29 is 28.7 Å². The normalized spacial score (nSPS) is 28.4. The van der Waals surface area contributed by atoms with E-state index in [4.69, 9.17) is 4.74 Å². The van der Waals surface area contributed by atoms with Crippen LogP contribution in [-0.2, 0) is 23.9 Å². The van der Waals surface area contributed by atoms with Gasteiger partial charge in [0.15, 0.2) is 0 Å². The zero-order valence-corrected chi connectivity index (χ0v) is 22.8. The van der Waals surface area contributed by atoms with E-state index in [9.17, 15) is 24.0 Å². The predicted octanol–water partition coefficient (Wildman–Crippen LogP) is 1.62. The van der Waals surface area contributed by atoms with Crippen molar-refractivity contribution in [2.45, 2.75) is 92.0 Å². The number of likely N-dealkylation sites (tertiary alicyclic amines) is 1. The van der Waals surface area contributed by atoms with Crippen molar-refractivity contribution in [2.75, 3.05) is 13.1 Å². The van der Waals surface area contributed by atoms with Crippen LogP contribution in [0.1, 0.15) is 68.2 Å². The van der Waals surface area contributed by atoms with Crippen LogP contribution in [0.25, 0.3) is 0 Å². The van der Waals surface area contributed by atoms with Crippen molar-refractivity contribution in [1.29, 1.82) is 0 Å². The number of ether oxygens (including phenoxy) is 1. The fourth-order valence-corrected chi connectivity index (χ4v) is 5.65. The highest BCUT2D eigenvalue weighted by atomic mass is 16.6. The van der Waals surface area contributed by atoms with Gasteiger partial charge < -0.3 is 30.4 Å². The van der Waals surface area contributed by atoms with E-state index in [-0.39, 0.29) is 41.4 Å². The standard InChI is InChI=1S/C26H42N4O6/c1-24(2,3)19(29-23(35)36-25(4,5)6)22(34)30-12-16-17(26(16,7)8)18(30)21(33)28-15(13-31)11-14-9-10-27-20(14)32/h13-19H,9-12H2,1-8H3,(H,27,32)(H,28,33)(H,29,35)/t14-,15?,16?,17?,18-,19+/m0/s1. The SMILES string of the molecule is CC(C)(C)OC(=O)N[C@H](C(=O)N1CC2C([C@H]1C(=O)NC(C=O)C[C@@H]1CCNC1=O)C2(C)C)C(C)(C)C. The quantitative estimate of drug-likeness (QED) is 0.449. The van der Waals surface area contributed by atoms with Crippen molar-refractivity contribution >= 4 is 30.1 Å². The Morgan fingerprint density at radius 1 is 1.17 bits per heavy atom. The second kappa shape index (κ2) is 9.67. The van der Waals surface area contributed by atoms with Crippen LogP contribution >= 0.6 is 0 Å². The van der Waals surface area contributed by atoms with E-state index in [0.717, 1.165) is 0 Å². The molecule has 1 aliphatic carbocycles. The first-order valence-corrected chi connectivity index (χ1v) is 12.8. The fourth-order valence-electron chi connectivity index (χ4n) is 5.65. The summed E-state index contributed by atoms with van der Waals surface area (Å²) < 4.78 is 5.38. The fraction of sp³-hybridized carbons (Fsp3) is 0.808. The van der Waals surface area contributed by atoms with Gasteiger partial charge in [0.25, 0.3) is 0 Å². The molecule has 0 spiro atoms. The monoisotopic (exact) mass is 506 g/mol. The first-order valence-electron chi connectivity index (χ1n) is 12.8. The Morgan fingerprint density at radius 3 is 2.31 bits per heavy atom. The second-order valence-corrected chi connectivity index (χ2v) is 13.1. The van der Waals surface area contributed by atoms with Crippen molar-refractivity contribution in [3.8, 4) is 0 Å². The zero-order valence-electron chi connectivity index (χ0n) is 22.8. The van der Waals surface area contributed by atoms with Crippen LogP contribution in [-0.4, -0.2) is 71.8 Å². The molecular formula is C26H42N4O6. The van der Waals surface area contributed by atoms with Crippen LogP contribution in [0.5, 0.6) is 0 Å². The van der Waals surface area contributed by atoms with E-state index < -0.39 is 41.1 Å². The van der Waals surface area contributed by atoms with Gasteiger partial charge in [0.1, 0.15) is 24.0 Å². The Kier molecular flexibility index (Phi) is 7.50. The Labute approximate surface area is 213 Å². The number of alkyl carbamates (subject to hydrolysis) is 1. The first-order chi connectivity index (χ1) is 16.5. The molecule has 0 aromatic heterocycles. The molecular weight excluding hydrogens is 464 g/mol. The maximum atomic E-state index is 13.8. The Balaban J connectivity index is 1.78. The lowest BCUT2D eigenvalue weighted by Gasteiger charge is -2.38. The molecule has 202 valence electrons. The minimum atomic E-state index is -0.910. The summed E-state index contributed by atoms with van der Waals surface area (Å²) in [5.74, 6) is -1.09. The molecule has 4 amide bonds. The molecule has 2 saturated heterocycles. The maximum Gasteiger partial charge on any atom is 0.408 e. The Morgan fingerprint density at radius 2 is 1.81 bits per heavy atom. The number of nitrogens with one attached hydrogen (secondary N) is 3. The van der Waals surface area contributed by atoms with Crippen LogP contribution in [0, 0.1) is 28.6 Å². The molecule has 1 saturated carbocycles. The Hall–Kier alpha value is -2.65. The van der Waals surface area contributed by atoms with Gasteiger partial charge in [-0.2, -0.15) is 0 Å². The molecule has 2 heterocycles. The molecule has 6 atom stereocenters. The van der Waals surface area contributed by atoms with Crippen molar-refractivity contribution in [3.05, 3.63) is 0 Å². The average Bonchev–Trinajstić information content (AvgIpc) is 3.08. The van der Waals surface area contributed by atoms with E-state index in [1.165, 1.54) is 0 Å². The van der Waals surface area contributed by atoms with Gasteiger partial charge in [-0.05, 0) is 56.3 Å². The van der Waals surface area contributed by atoms with E-state index in [0.29, 0.717) is 25.8 Å². The lowest BCUT2D eigenvalue weighted by molar-refractivity contribution is -0.144. The highest BCUT2D eigenvalue weighted by molar-refractivity contribution is 5.94. The molecule has 0 bridgehead atoms. The number of aldehydes is 1. The van der Waals surface area contributed by atoms with Crippen molar-refractivity contribution in [2.24, 2.45) is 28.6 Å². The second-order valence-electron chi connectivity index (χ2n) is 13.1. The smallest absolute Gasteiger partial charge is 0.408 e. The third-order valence-corrected chi connectivity index (χ3v) is 7.73. The molecule has 0 aromatic carbocycles. The lowest BCUT2D eigenvalue weighted by atomic mass is 9.85. The average molecular weight is 507 g/mol. The zero-order chi connectivity index (χ0) is 27.2. The molecule has 10 nitrogen and oxygen atoms in total. The number of nitrogens with zero attached hydrogens (tertiary/aromatic N) is 1. The maximum absolute atomic E-state index is 13.8. The molecule has 3 N–H and O–H groups in total. The number of carbonyl (C=O) groups excluding carboxylic acids is 5. The third-order valence-electron chi connectivity index (χ3n) is 7.73. The molecule has 3 fully saturated rings. The van der Waals surface area contributed by atoms with Crippen LogP contribution in [0.3, 0.4) is 0 Å². The van der Waals surface area contributed by atoms with Gasteiger partial charge in [-0.25, -0.2) is 4.79 Å². The van der Waals surface area contributed by atoms with Gasteiger partial charge >= 0.3 is 6.09 Å².